The van der Waals surface area contributed by atoms with E-state index in [0.29, 0.717) is 29.2 Å². The van der Waals surface area contributed by atoms with Crippen LogP contribution in [0, 0.1) is 5.92 Å². The van der Waals surface area contributed by atoms with E-state index in [1.807, 2.05) is 31.2 Å². The normalized spacial score (nSPS) is 19.1. The summed E-state index contributed by atoms with van der Waals surface area (Å²) in [6, 6.07) is 12.6. The van der Waals surface area contributed by atoms with Gasteiger partial charge in [-0.05, 0) is 49.5 Å². The summed E-state index contributed by atoms with van der Waals surface area (Å²) in [6.07, 6.45) is 5.67. The number of thiocarbonyl (C=S) groups is 1. The van der Waals surface area contributed by atoms with Crippen molar-refractivity contribution in [1.29, 1.82) is 0 Å². The van der Waals surface area contributed by atoms with Crippen molar-refractivity contribution in [3.8, 4) is 0 Å². The summed E-state index contributed by atoms with van der Waals surface area (Å²) >= 11 is 7.11. The van der Waals surface area contributed by atoms with E-state index >= 15 is 0 Å². The number of benzene rings is 1. The van der Waals surface area contributed by atoms with Crippen molar-refractivity contribution < 1.29 is 9.53 Å². The van der Waals surface area contributed by atoms with Crippen LogP contribution < -0.4 is 10.6 Å². The van der Waals surface area contributed by atoms with Crippen molar-refractivity contribution >= 4 is 39.6 Å². The molecule has 0 bridgehead atoms. The highest BCUT2D eigenvalue weighted by Gasteiger charge is 2.23. The molecule has 28 heavy (non-hydrogen) atoms. The van der Waals surface area contributed by atoms with Gasteiger partial charge in [-0.1, -0.05) is 50.1 Å². The molecular weight excluding hydrogens is 388 g/mol. The molecule has 0 amide bonds. The molecule has 0 radical (unpaired) electrons. The Hall–Kier alpha value is -1.92. The lowest BCUT2D eigenvalue weighted by atomic mass is 9.86. The SMILES string of the molecule is CCOC(=O)c1cc(Cc2ccccc2)sc1NC(=S)NC1CCCCC1C. The van der Waals surface area contributed by atoms with E-state index in [9.17, 15) is 4.79 Å². The maximum absolute atomic E-state index is 12.4. The monoisotopic (exact) mass is 416 g/mol. The second-order valence-corrected chi connectivity index (χ2v) is 8.85. The summed E-state index contributed by atoms with van der Waals surface area (Å²) in [5.74, 6) is 0.296. The molecule has 2 unspecified atom stereocenters. The van der Waals surface area contributed by atoms with Crippen LogP contribution in [0.15, 0.2) is 36.4 Å². The van der Waals surface area contributed by atoms with Gasteiger partial charge in [0.05, 0.1) is 12.2 Å². The Kier molecular flexibility index (Phi) is 7.45. The molecule has 0 saturated heterocycles. The third-order valence-corrected chi connectivity index (χ3v) is 6.43. The number of esters is 1. The maximum Gasteiger partial charge on any atom is 0.341 e. The first-order valence-corrected chi connectivity index (χ1v) is 11.2. The van der Waals surface area contributed by atoms with E-state index in [2.05, 4.69) is 29.7 Å². The summed E-state index contributed by atoms with van der Waals surface area (Å²) in [7, 11) is 0. The van der Waals surface area contributed by atoms with Crippen LogP contribution in [0.5, 0.6) is 0 Å². The molecule has 0 spiro atoms. The third kappa shape index (κ3) is 5.55. The minimum atomic E-state index is -0.311. The van der Waals surface area contributed by atoms with Gasteiger partial charge in [-0.15, -0.1) is 11.3 Å². The molecule has 2 atom stereocenters. The molecule has 2 aromatic rings. The van der Waals surface area contributed by atoms with Crippen molar-refractivity contribution in [2.24, 2.45) is 5.92 Å². The third-order valence-electron chi connectivity index (χ3n) is 5.15. The number of carbonyl (C=O) groups excluding carboxylic acids is 1. The van der Waals surface area contributed by atoms with Gasteiger partial charge in [0.1, 0.15) is 5.00 Å². The van der Waals surface area contributed by atoms with Crippen LogP contribution in [0.25, 0.3) is 0 Å². The number of rotatable bonds is 6. The van der Waals surface area contributed by atoms with Crippen molar-refractivity contribution in [2.75, 3.05) is 11.9 Å². The van der Waals surface area contributed by atoms with Gasteiger partial charge in [0.2, 0.25) is 0 Å². The fraction of sp³-hybridized carbons (Fsp3) is 0.455. The van der Waals surface area contributed by atoms with Gasteiger partial charge in [-0.3, -0.25) is 0 Å². The molecule has 2 N–H and O–H groups in total. The summed E-state index contributed by atoms with van der Waals surface area (Å²) in [4.78, 5) is 13.5. The van der Waals surface area contributed by atoms with Crippen LogP contribution in [-0.4, -0.2) is 23.7 Å². The van der Waals surface area contributed by atoms with Crippen LogP contribution in [-0.2, 0) is 11.2 Å². The van der Waals surface area contributed by atoms with Gasteiger partial charge in [-0.2, -0.15) is 0 Å². The Bertz CT molecular complexity index is 804. The molecule has 1 fully saturated rings. The Morgan fingerprint density at radius 2 is 2.00 bits per heavy atom. The average Bonchev–Trinajstić information content (AvgIpc) is 3.07. The predicted octanol–water partition coefficient (Wildman–Crippen LogP) is 5.38. The molecule has 1 aromatic carbocycles. The van der Waals surface area contributed by atoms with Crippen LogP contribution in [0.2, 0.25) is 0 Å². The Balaban J connectivity index is 1.73. The van der Waals surface area contributed by atoms with Crippen LogP contribution >= 0.6 is 23.6 Å². The van der Waals surface area contributed by atoms with Crippen molar-refractivity contribution in [2.45, 2.75) is 52.0 Å². The van der Waals surface area contributed by atoms with Crippen LogP contribution in [0.4, 0.5) is 5.00 Å². The van der Waals surface area contributed by atoms with E-state index in [4.69, 9.17) is 17.0 Å². The first-order valence-electron chi connectivity index (χ1n) is 9.98. The standard InChI is InChI=1S/C22H28N2O2S2/c1-3-26-21(25)18-14-17(13-16-10-5-4-6-11-16)28-20(18)24-22(27)23-19-12-8-7-9-15(19)2/h4-6,10-11,14-15,19H,3,7-9,12-13H2,1-2H3,(H2,23,24,27). The Labute approximate surface area is 176 Å². The van der Waals surface area contributed by atoms with Gasteiger partial charge >= 0.3 is 5.97 Å². The zero-order chi connectivity index (χ0) is 19.9. The molecule has 6 heteroatoms. The molecule has 3 rings (SSSR count). The lowest BCUT2D eigenvalue weighted by Crippen LogP contribution is -2.43. The second-order valence-electron chi connectivity index (χ2n) is 7.31. The zero-order valence-electron chi connectivity index (χ0n) is 16.5. The molecule has 4 nitrogen and oxygen atoms in total. The number of hydrogen-bond donors (Lipinski definition) is 2. The zero-order valence-corrected chi connectivity index (χ0v) is 18.1. The quantitative estimate of drug-likeness (QED) is 0.489. The molecule has 1 aromatic heterocycles. The van der Waals surface area contributed by atoms with Gasteiger partial charge < -0.3 is 15.4 Å². The first-order chi connectivity index (χ1) is 13.6. The predicted molar refractivity (Wildman–Crippen MR) is 120 cm³/mol. The highest BCUT2D eigenvalue weighted by molar-refractivity contribution is 7.80. The molecule has 1 saturated carbocycles. The van der Waals surface area contributed by atoms with Gasteiger partial charge in [0.25, 0.3) is 0 Å². The summed E-state index contributed by atoms with van der Waals surface area (Å²) in [5, 5.41) is 8.05. The number of hydrogen-bond acceptors (Lipinski definition) is 4. The van der Waals surface area contributed by atoms with Gasteiger partial charge in [0.15, 0.2) is 5.11 Å². The number of ether oxygens (including phenoxy) is 1. The lowest BCUT2D eigenvalue weighted by molar-refractivity contribution is 0.0528. The summed E-state index contributed by atoms with van der Waals surface area (Å²) in [5.41, 5.74) is 1.76. The number of nitrogens with one attached hydrogen (secondary N) is 2. The lowest BCUT2D eigenvalue weighted by Gasteiger charge is -2.30. The van der Waals surface area contributed by atoms with Crippen molar-refractivity contribution in [1.82, 2.24) is 5.32 Å². The van der Waals surface area contributed by atoms with Crippen LogP contribution in [0.1, 0.15) is 60.3 Å². The highest BCUT2D eigenvalue weighted by atomic mass is 32.1. The average molecular weight is 417 g/mol. The second kappa shape index (κ2) is 10.0. The van der Waals surface area contributed by atoms with E-state index in [1.54, 1.807) is 11.3 Å². The molecule has 150 valence electrons. The summed E-state index contributed by atoms with van der Waals surface area (Å²) < 4.78 is 5.24. The molecule has 1 heterocycles. The maximum atomic E-state index is 12.4. The largest absolute Gasteiger partial charge is 0.462 e. The molecular formula is C22H28N2O2S2. The van der Waals surface area contributed by atoms with E-state index in [0.717, 1.165) is 22.7 Å². The number of carbonyl (C=O) groups is 1. The van der Waals surface area contributed by atoms with Gasteiger partial charge in [-0.25, -0.2) is 4.79 Å². The van der Waals surface area contributed by atoms with E-state index < -0.39 is 0 Å². The Morgan fingerprint density at radius 1 is 1.25 bits per heavy atom. The molecule has 1 aliphatic carbocycles. The fourth-order valence-electron chi connectivity index (χ4n) is 3.62. The fourth-order valence-corrected chi connectivity index (χ4v) is 5.02. The van der Waals surface area contributed by atoms with Crippen molar-refractivity contribution in [3.05, 3.63) is 52.4 Å². The van der Waals surface area contributed by atoms with Gasteiger partial charge in [0, 0.05) is 17.3 Å². The van der Waals surface area contributed by atoms with E-state index in [-0.39, 0.29) is 5.97 Å². The smallest absolute Gasteiger partial charge is 0.341 e. The minimum Gasteiger partial charge on any atom is -0.462 e. The van der Waals surface area contributed by atoms with Crippen LogP contribution in [0.3, 0.4) is 0 Å². The first kappa shape index (κ1) is 20.8. The minimum absolute atomic E-state index is 0.311. The molecule has 1 aliphatic rings. The number of thiophene rings is 1. The van der Waals surface area contributed by atoms with E-state index in [1.165, 1.54) is 24.8 Å². The highest BCUT2D eigenvalue weighted by Crippen LogP contribution is 2.31. The molecule has 0 aliphatic heterocycles. The summed E-state index contributed by atoms with van der Waals surface area (Å²) in [6.45, 7) is 4.44. The number of anilines is 1. The Morgan fingerprint density at radius 3 is 2.71 bits per heavy atom. The van der Waals surface area contributed by atoms with Crippen molar-refractivity contribution in [3.63, 3.8) is 0 Å². The topological polar surface area (TPSA) is 50.4 Å².